The second-order valence-corrected chi connectivity index (χ2v) is 4.50. The number of carbonyl (C=O) groups excluding carboxylic acids is 1. The molecular weight excluding hydrogens is 409 g/mol. The topological polar surface area (TPSA) is 17.1 Å². The average molecular weight is 412 g/mol. The van der Waals surface area contributed by atoms with Gasteiger partial charge in [0.15, 0.2) is 0 Å². The molecule has 0 amide bonds. The fourth-order valence-corrected chi connectivity index (χ4v) is 1.19. The summed E-state index contributed by atoms with van der Waals surface area (Å²) < 4.78 is 188. The van der Waals surface area contributed by atoms with Crippen LogP contribution in [0.25, 0.3) is 0 Å². The van der Waals surface area contributed by atoms with Crippen molar-refractivity contribution in [1.29, 1.82) is 0 Å². The molecule has 25 heavy (non-hydrogen) atoms. The summed E-state index contributed by atoms with van der Waals surface area (Å²) in [5.41, 5.74) is 0. The summed E-state index contributed by atoms with van der Waals surface area (Å²) >= 11 is 0. The van der Waals surface area contributed by atoms with Crippen LogP contribution < -0.4 is 0 Å². The Labute approximate surface area is 126 Å². The van der Waals surface area contributed by atoms with Crippen LogP contribution in [0.3, 0.4) is 0 Å². The molecule has 0 bridgehead atoms. The number of carbonyl (C=O) groups is 1. The Hall–Kier alpha value is -1.38. The van der Waals surface area contributed by atoms with Gasteiger partial charge < -0.3 is 0 Å². The number of alkyl halides is 15. The lowest BCUT2D eigenvalue weighted by Crippen LogP contribution is -2.73. The fraction of sp³-hybridized carbons (Fsp3) is 0.889. The van der Waals surface area contributed by atoms with Crippen LogP contribution in [-0.4, -0.2) is 47.5 Å². The van der Waals surface area contributed by atoms with Crippen molar-refractivity contribution < 1.29 is 70.7 Å². The molecule has 0 aromatic carbocycles. The van der Waals surface area contributed by atoms with Gasteiger partial charge >= 0.3 is 41.7 Å². The quantitative estimate of drug-likeness (QED) is 0.565. The van der Waals surface area contributed by atoms with Crippen molar-refractivity contribution >= 4 is 5.78 Å². The molecule has 0 aliphatic rings. The first kappa shape index (κ1) is 23.6. The third-order valence-electron chi connectivity index (χ3n) is 2.77. The lowest BCUT2D eigenvalue weighted by Gasteiger charge is -2.40. The van der Waals surface area contributed by atoms with Crippen molar-refractivity contribution in [1.82, 2.24) is 0 Å². The van der Waals surface area contributed by atoms with E-state index in [-0.39, 0.29) is 0 Å². The predicted molar refractivity (Wildman–Crippen MR) is 46.4 cm³/mol. The molecule has 0 aliphatic carbocycles. The minimum Gasteiger partial charge on any atom is -0.293 e. The molecule has 0 aromatic rings. The molecular formula is C9H3F15O. The van der Waals surface area contributed by atoms with E-state index in [0.29, 0.717) is 0 Å². The smallest absolute Gasteiger partial charge is 0.293 e. The van der Waals surface area contributed by atoms with Crippen LogP contribution in [0.2, 0.25) is 0 Å². The monoisotopic (exact) mass is 412 g/mol. The summed E-state index contributed by atoms with van der Waals surface area (Å²) in [4.78, 5) is 10.2. The molecule has 0 rings (SSSR count). The summed E-state index contributed by atoms with van der Waals surface area (Å²) in [5, 5.41) is 0. The second kappa shape index (κ2) is 5.56. The predicted octanol–water partition coefficient (Wildman–Crippen LogP) is 4.95. The number of ketones is 1. The Balaban J connectivity index is 6.55. The molecule has 0 fully saturated rings. The van der Waals surface area contributed by atoms with E-state index >= 15 is 0 Å². The van der Waals surface area contributed by atoms with Gasteiger partial charge in [0, 0.05) is 6.92 Å². The summed E-state index contributed by atoms with van der Waals surface area (Å²) in [6.45, 7) is -0.579. The highest BCUT2D eigenvalue weighted by molar-refractivity contribution is 5.84. The van der Waals surface area contributed by atoms with Crippen LogP contribution >= 0.6 is 0 Å². The van der Waals surface area contributed by atoms with Crippen LogP contribution in [0.4, 0.5) is 65.9 Å². The van der Waals surface area contributed by atoms with Gasteiger partial charge in [0.1, 0.15) is 0 Å². The largest absolute Gasteiger partial charge is 0.460 e. The van der Waals surface area contributed by atoms with E-state index in [2.05, 4.69) is 0 Å². The third-order valence-corrected chi connectivity index (χ3v) is 2.77. The van der Waals surface area contributed by atoms with Crippen molar-refractivity contribution in [2.45, 2.75) is 48.6 Å². The lowest BCUT2D eigenvalue weighted by molar-refractivity contribution is -0.449. The zero-order valence-electron chi connectivity index (χ0n) is 11.1. The molecule has 1 nitrogen and oxygen atoms in total. The van der Waals surface area contributed by atoms with Gasteiger partial charge in [-0.25, -0.2) is 0 Å². The van der Waals surface area contributed by atoms with E-state index in [1.165, 1.54) is 0 Å². The SMILES string of the molecule is CC(=O)C(F)(F)C(F)(F)C(F)(F)C(F)(F)C(F)(F)C(F)(F)C(F)(F)F. The summed E-state index contributed by atoms with van der Waals surface area (Å²) in [5.74, 6) is -50.7. The molecule has 0 saturated heterocycles. The number of rotatable bonds is 6. The first-order chi connectivity index (χ1) is 10.4. The van der Waals surface area contributed by atoms with Gasteiger partial charge in [0.2, 0.25) is 5.78 Å². The van der Waals surface area contributed by atoms with Gasteiger partial charge in [-0.15, -0.1) is 0 Å². The molecule has 0 radical (unpaired) electrons. The Morgan fingerprint density at radius 3 is 0.960 bits per heavy atom. The van der Waals surface area contributed by atoms with Gasteiger partial charge in [0.25, 0.3) is 0 Å². The highest BCUT2D eigenvalue weighted by Gasteiger charge is 2.93. The summed E-state index contributed by atoms with van der Waals surface area (Å²) in [7, 11) is 0. The van der Waals surface area contributed by atoms with E-state index in [1.54, 1.807) is 0 Å². The van der Waals surface area contributed by atoms with Crippen LogP contribution in [0, 0.1) is 0 Å². The molecule has 0 unspecified atom stereocenters. The summed E-state index contributed by atoms with van der Waals surface area (Å²) in [6, 6.07) is 0. The Morgan fingerprint density at radius 1 is 0.480 bits per heavy atom. The molecule has 150 valence electrons. The normalized spacial score (nSPS) is 16.2. The van der Waals surface area contributed by atoms with Crippen LogP contribution in [0.5, 0.6) is 0 Å². The van der Waals surface area contributed by atoms with E-state index in [9.17, 15) is 70.7 Å². The van der Waals surface area contributed by atoms with Crippen LogP contribution in [0.1, 0.15) is 6.92 Å². The van der Waals surface area contributed by atoms with E-state index < -0.39 is 54.4 Å². The number of halogens is 15. The second-order valence-electron chi connectivity index (χ2n) is 4.50. The van der Waals surface area contributed by atoms with Crippen molar-refractivity contribution in [2.75, 3.05) is 0 Å². The molecule has 0 spiro atoms. The van der Waals surface area contributed by atoms with Gasteiger partial charge in [-0.2, -0.15) is 65.9 Å². The molecule has 0 heterocycles. The fourth-order valence-electron chi connectivity index (χ4n) is 1.19. The maximum atomic E-state index is 12.9. The molecule has 0 saturated carbocycles. The first-order valence-electron chi connectivity index (χ1n) is 5.29. The maximum absolute atomic E-state index is 12.9. The van der Waals surface area contributed by atoms with E-state index in [1.807, 2.05) is 0 Å². The van der Waals surface area contributed by atoms with Crippen molar-refractivity contribution in [2.24, 2.45) is 0 Å². The van der Waals surface area contributed by atoms with E-state index in [4.69, 9.17) is 0 Å². The maximum Gasteiger partial charge on any atom is 0.460 e. The van der Waals surface area contributed by atoms with Gasteiger partial charge in [-0.3, -0.25) is 4.79 Å². The van der Waals surface area contributed by atoms with Crippen molar-refractivity contribution in [3.05, 3.63) is 0 Å². The molecule has 0 atom stereocenters. The standard InChI is InChI=1S/C9H3F15O/c1-2(25)3(10,11)4(12,13)5(14,15)6(16,17)7(18,19)8(20,21)9(22,23)24/h1H3. The van der Waals surface area contributed by atoms with Crippen LogP contribution in [-0.2, 0) is 4.79 Å². The number of hydrogen-bond acceptors (Lipinski definition) is 1. The van der Waals surface area contributed by atoms with Gasteiger partial charge in [-0.05, 0) is 0 Å². The third kappa shape index (κ3) is 2.80. The number of Topliss-reactive ketones (excluding diaryl/α,β-unsaturated/α-hetero) is 1. The minimum atomic E-state index is -8.36. The van der Waals surface area contributed by atoms with Gasteiger partial charge in [-0.1, -0.05) is 0 Å². The zero-order valence-corrected chi connectivity index (χ0v) is 11.1. The summed E-state index contributed by atoms with van der Waals surface area (Å²) in [6.07, 6.45) is -7.64. The van der Waals surface area contributed by atoms with E-state index in [0.717, 1.165) is 0 Å². The molecule has 0 N–H and O–H groups in total. The molecule has 16 heteroatoms. The van der Waals surface area contributed by atoms with Crippen molar-refractivity contribution in [3.8, 4) is 0 Å². The highest BCUT2D eigenvalue weighted by atomic mass is 19.4. The first-order valence-corrected chi connectivity index (χ1v) is 5.29. The van der Waals surface area contributed by atoms with Gasteiger partial charge in [0.05, 0.1) is 0 Å². The zero-order chi connectivity index (χ0) is 21.1. The molecule has 0 aliphatic heterocycles. The Kier molecular flexibility index (Phi) is 5.25. The lowest BCUT2D eigenvalue weighted by atomic mass is 9.90. The Bertz CT molecular complexity index is 528. The van der Waals surface area contributed by atoms with Crippen molar-refractivity contribution in [3.63, 3.8) is 0 Å². The van der Waals surface area contributed by atoms with Crippen LogP contribution in [0.15, 0.2) is 0 Å². The Morgan fingerprint density at radius 2 is 0.720 bits per heavy atom. The minimum absolute atomic E-state index is 0.579. The molecule has 0 aromatic heterocycles. The highest BCUT2D eigenvalue weighted by Crippen LogP contribution is 2.62. The number of hydrogen-bond donors (Lipinski definition) is 0. The average Bonchev–Trinajstić information content (AvgIpc) is 2.35.